The van der Waals surface area contributed by atoms with Crippen LogP contribution in [0.5, 0.6) is 0 Å². The van der Waals surface area contributed by atoms with Crippen LogP contribution in [-0.4, -0.2) is 17.7 Å². The number of pyridine rings is 1. The first kappa shape index (κ1) is 11.3. The van der Waals surface area contributed by atoms with Crippen molar-refractivity contribution < 1.29 is 13.2 Å². The predicted octanol–water partition coefficient (Wildman–Crippen LogP) is 2.32. The normalized spacial score (nSPS) is 10.8. The zero-order valence-corrected chi connectivity index (χ0v) is 7.67. The van der Waals surface area contributed by atoms with Crippen molar-refractivity contribution in [3.63, 3.8) is 0 Å². The quantitative estimate of drug-likeness (QED) is 0.841. The molecule has 0 aliphatic carbocycles. The second-order valence-electron chi connectivity index (χ2n) is 2.84. The van der Waals surface area contributed by atoms with Gasteiger partial charge >= 0.3 is 6.18 Å². The Balaban J connectivity index is 2.42. The molecule has 0 radical (unpaired) electrons. The van der Waals surface area contributed by atoms with Crippen LogP contribution < -0.4 is 5.32 Å². The van der Waals surface area contributed by atoms with E-state index in [2.05, 4.69) is 10.3 Å². The number of hydrogen-bond acceptors (Lipinski definition) is 3. The molecule has 0 saturated heterocycles. The number of nitriles is 1. The molecule has 0 spiro atoms. The van der Waals surface area contributed by atoms with E-state index in [4.69, 9.17) is 5.26 Å². The first-order valence-corrected chi connectivity index (χ1v) is 4.18. The van der Waals surface area contributed by atoms with Crippen LogP contribution >= 0.6 is 0 Å². The summed E-state index contributed by atoms with van der Waals surface area (Å²) < 4.78 is 35.3. The number of anilines is 1. The van der Waals surface area contributed by atoms with Gasteiger partial charge in [0.1, 0.15) is 11.9 Å². The fraction of sp³-hybridized carbons (Fsp3) is 0.333. The molecule has 80 valence electrons. The molecule has 1 aromatic rings. The summed E-state index contributed by atoms with van der Waals surface area (Å²) in [5.74, 6) is 0.332. The summed E-state index contributed by atoms with van der Waals surface area (Å²) in [4.78, 5) is 3.77. The van der Waals surface area contributed by atoms with Gasteiger partial charge in [0.2, 0.25) is 0 Å². The standard InChI is InChI=1S/C9H8F3N3/c10-9(11,12)3-4-14-8-2-1-7(5-13)6-15-8/h1-2,6H,3-4H2,(H,14,15). The van der Waals surface area contributed by atoms with Gasteiger partial charge < -0.3 is 5.32 Å². The first-order chi connectivity index (χ1) is 7.01. The third kappa shape index (κ3) is 4.31. The Labute approximate surface area is 84.5 Å². The number of alkyl halides is 3. The van der Waals surface area contributed by atoms with Crippen molar-refractivity contribution in [1.82, 2.24) is 4.98 Å². The average Bonchev–Trinajstić information content (AvgIpc) is 2.17. The highest BCUT2D eigenvalue weighted by molar-refractivity contribution is 5.38. The maximum absolute atomic E-state index is 11.8. The Kier molecular flexibility index (Phi) is 3.50. The number of nitrogens with zero attached hydrogens (tertiary/aromatic N) is 2. The third-order valence-corrected chi connectivity index (χ3v) is 1.61. The van der Waals surface area contributed by atoms with Gasteiger partial charge in [0.05, 0.1) is 12.0 Å². The zero-order chi connectivity index (χ0) is 11.3. The number of rotatable bonds is 3. The van der Waals surface area contributed by atoms with Crippen LogP contribution in [0, 0.1) is 11.3 Å². The summed E-state index contributed by atoms with van der Waals surface area (Å²) in [6, 6.07) is 4.82. The smallest absolute Gasteiger partial charge is 0.370 e. The van der Waals surface area contributed by atoms with E-state index < -0.39 is 12.6 Å². The molecule has 0 saturated carbocycles. The molecule has 0 amide bonds. The lowest BCUT2D eigenvalue weighted by Gasteiger charge is -2.07. The van der Waals surface area contributed by atoms with Gasteiger partial charge in [-0.1, -0.05) is 0 Å². The summed E-state index contributed by atoms with van der Waals surface area (Å²) in [7, 11) is 0. The summed E-state index contributed by atoms with van der Waals surface area (Å²) >= 11 is 0. The molecule has 0 atom stereocenters. The van der Waals surface area contributed by atoms with Crippen molar-refractivity contribution in [2.75, 3.05) is 11.9 Å². The molecule has 15 heavy (non-hydrogen) atoms. The summed E-state index contributed by atoms with van der Waals surface area (Å²) in [5.41, 5.74) is 0.372. The van der Waals surface area contributed by atoms with Crippen molar-refractivity contribution in [3.8, 4) is 6.07 Å². The van der Waals surface area contributed by atoms with Crippen LogP contribution in [0.1, 0.15) is 12.0 Å². The molecule has 0 unspecified atom stereocenters. The molecule has 0 aliphatic rings. The summed E-state index contributed by atoms with van der Waals surface area (Å²) in [6.45, 7) is -0.220. The van der Waals surface area contributed by atoms with E-state index in [1.807, 2.05) is 6.07 Å². The highest BCUT2D eigenvalue weighted by Crippen LogP contribution is 2.19. The molecule has 1 aromatic heterocycles. The summed E-state index contributed by atoms with van der Waals surface area (Å²) in [5, 5.41) is 11.0. The van der Waals surface area contributed by atoms with Gasteiger partial charge in [0.15, 0.2) is 0 Å². The topological polar surface area (TPSA) is 48.7 Å². The van der Waals surface area contributed by atoms with Crippen LogP contribution in [0.4, 0.5) is 19.0 Å². The lowest BCUT2D eigenvalue weighted by atomic mass is 10.3. The van der Waals surface area contributed by atoms with Crippen LogP contribution in [0.15, 0.2) is 18.3 Å². The van der Waals surface area contributed by atoms with E-state index in [1.54, 1.807) is 0 Å². The number of halogens is 3. The van der Waals surface area contributed by atoms with Crippen LogP contribution in [0.2, 0.25) is 0 Å². The number of hydrogen-bond donors (Lipinski definition) is 1. The third-order valence-electron chi connectivity index (χ3n) is 1.61. The van der Waals surface area contributed by atoms with Gasteiger partial charge in [0.25, 0.3) is 0 Å². The molecule has 0 fully saturated rings. The first-order valence-electron chi connectivity index (χ1n) is 4.18. The number of nitrogens with one attached hydrogen (secondary N) is 1. The van der Waals surface area contributed by atoms with E-state index in [1.165, 1.54) is 18.3 Å². The van der Waals surface area contributed by atoms with Crippen molar-refractivity contribution in [2.24, 2.45) is 0 Å². The van der Waals surface area contributed by atoms with Gasteiger partial charge in [-0.25, -0.2) is 4.98 Å². The minimum atomic E-state index is -4.17. The Morgan fingerprint density at radius 1 is 1.40 bits per heavy atom. The van der Waals surface area contributed by atoms with Gasteiger partial charge in [-0.05, 0) is 12.1 Å². The lowest BCUT2D eigenvalue weighted by Crippen LogP contribution is -2.15. The average molecular weight is 215 g/mol. The Morgan fingerprint density at radius 2 is 2.13 bits per heavy atom. The Bertz CT molecular complexity index is 350. The molecule has 6 heteroatoms. The number of aromatic nitrogens is 1. The zero-order valence-electron chi connectivity index (χ0n) is 7.67. The minimum Gasteiger partial charge on any atom is -0.370 e. The van der Waals surface area contributed by atoms with Gasteiger partial charge in [0, 0.05) is 12.7 Å². The Hall–Kier alpha value is -1.77. The predicted molar refractivity (Wildman–Crippen MR) is 48.1 cm³/mol. The van der Waals surface area contributed by atoms with Crippen molar-refractivity contribution in [1.29, 1.82) is 5.26 Å². The molecule has 0 aromatic carbocycles. The lowest BCUT2D eigenvalue weighted by molar-refractivity contribution is -0.131. The van der Waals surface area contributed by atoms with E-state index >= 15 is 0 Å². The second kappa shape index (κ2) is 4.64. The molecule has 1 rings (SSSR count). The van der Waals surface area contributed by atoms with E-state index in [-0.39, 0.29) is 6.54 Å². The fourth-order valence-corrected chi connectivity index (χ4v) is 0.897. The highest BCUT2D eigenvalue weighted by atomic mass is 19.4. The molecule has 1 N–H and O–H groups in total. The van der Waals surface area contributed by atoms with E-state index in [9.17, 15) is 13.2 Å². The molecule has 0 bridgehead atoms. The van der Waals surface area contributed by atoms with Crippen LogP contribution in [0.25, 0.3) is 0 Å². The van der Waals surface area contributed by atoms with Gasteiger partial charge in [-0.3, -0.25) is 0 Å². The summed E-state index contributed by atoms with van der Waals surface area (Å²) in [6.07, 6.45) is -3.77. The monoisotopic (exact) mass is 215 g/mol. The van der Waals surface area contributed by atoms with Crippen LogP contribution in [-0.2, 0) is 0 Å². The van der Waals surface area contributed by atoms with Gasteiger partial charge in [-0.15, -0.1) is 0 Å². The van der Waals surface area contributed by atoms with Gasteiger partial charge in [-0.2, -0.15) is 18.4 Å². The van der Waals surface area contributed by atoms with E-state index in [0.717, 1.165) is 0 Å². The van der Waals surface area contributed by atoms with Crippen molar-refractivity contribution in [2.45, 2.75) is 12.6 Å². The molecule has 3 nitrogen and oxygen atoms in total. The maximum atomic E-state index is 11.8. The largest absolute Gasteiger partial charge is 0.390 e. The molecule has 0 aliphatic heterocycles. The maximum Gasteiger partial charge on any atom is 0.390 e. The van der Waals surface area contributed by atoms with Crippen molar-refractivity contribution in [3.05, 3.63) is 23.9 Å². The molecule has 1 heterocycles. The minimum absolute atomic E-state index is 0.220. The fourth-order valence-electron chi connectivity index (χ4n) is 0.897. The van der Waals surface area contributed by atoms with Crippen molar-refractivity contribution >= 4 is 5.82 Å². The highest BCUT2D eigenvalue weighted by Gasteiger charge is 2.26. The molecular weight excluding hydrogens is 207 g/mol. The Morgan fingerprint density at radius 3 is 2.60 bits per heavy atom. The van der Waals surface area contributed by atoms with E-state index in [0.29, 0.717) is 11.4 Å². The SMILES string of the molecule is N#Cc1ccc(NCCC(F)(F)F)nc1. The molecular formula is C9H8F3N3. The van der Waals surface area contributed by atoms with Crippen LogP contribution in [0.3, 0.4) is 0 Å². The second-order valence-corrected chi connectivity index (χ2v) is 2.84.